The van der Waals surface area contributed by atoms with E-state index in [2.05, 4.69) is 11.1 Å². The Labute approximate surface area is 201 Å². The minimum Gasteiger partial charge on any atom is -0.457 e. The zero-order chi connectivity index (χ0) is 24.8. The van der Waals surface area contributed by atoms with Crippen molar-refractivity contribution in [2.75, 3.05) is 0 Å². The van der Waals surface area contributed by atoms with Gasteiger partial charge in [-0.25, -0.2) is 4.98 Å². The van der Waals surface area contributed by atoms with Crippen LogP contribution in [0.4, 0.5) is 0 Å². The first-order valence-electron chi connectivity index (χ1n) is 11.8. The molecule has 2 rings (SSSR count). The number of esters is 1. The van der Waals surface area contributed by atoms with Crippen molar-refractivity contribution in [1.82, 2.24) is 4.98 Å². The van der Waals surface area contributed by atoms with Gasteiger partial charge in [-0.2, -0.15) is 0 Å². The molecule has 7 heteroatoms. The number of rotatable bonds is 2. The van der Waals surface area contributed by atoms with E-state index >= 15 is 0 Å². The van der Waals surface area contributed by atoms with Crippen molar-refractivity contribution in [2.24, 2.45) is 17.3 Å². The number of cyclic esters (lactones) is 1. The molecule has 0 bridgehead atoms. The second-order valence-electron chi connectivity index (χ2n) is 9.86. The lowest BCUT2D eigenvalue weighted by molar-refractivity contribution is -0.154. The van der Waals surface area contributed by atoms with E-state index in [9.17, 15) is 19.8 Å². The summed E-state index contributed by atoms with van der Waals surface area (Å²) >= 11 is 1.56. The van der Waals surface area contributed by atoms with Crippen LogP contribution in [-0.4, -0.2) is 45.3 Å². The lowest BCUT2D eigenvalue weighted by Gasteiger charge is -2.34. The standard InChI is InChI=1S/C26H39NO5S/c1-16-11-9-7-8-10-12-21(17(2)13-20-15-33-19(4)27-20)32-23(29)14-22(28)26(5,6)25(31)18(3)24(16)30/h8,10,13,15-16,18,21-22,24,28,30H,7,9,11-12,14H2,1-6H3/b10-8?,17-13+/t16-,18+,21-,22-,24-/m0/s1. The van der Waals surface area contributed by atoms with Gasteiger partial charge in [0.1, 0.15) is 11.9 Å². The molecule has 1 aliphatic heterocycles. The van der Waals surface area contributed by atoms with Crippen LogP contribution in [0, 0.1) is 24.2 Å². The minimum atomic E-state index is -1.21. The average Bonchev–Trinajstić information content (AvgIpc) is 3.16. The topological polar surface area (TPSA) is 96.7 Å². The number of nitrogens with zero attached hydrogens (tertiary/aromatic N) is 1. The summed E-state index contributed by atoms with van der Waals surface area (Å²) in [6.07, 6.45) is 6.28. The van der Waals surface area contributed by atoms with E-state index in [0.717, 1.165) is 35.5 Å². The number of Topliss-reactive ketones (excluding diaryl/α,β-unsaturated/α-hetero) is 1. The molecule has 0 fully saturated rings. The van der Waals surface area contributed by atoms with Gasteiger partial charge in [-0.15, -0.1) is 11.3 Å². The van der Waals surface area contributed by atoms with Crippen molar-refractivity contribution in [1.29, 1.82) is 0 Å². The fourth-order valence-corrected chi connectivity index (χ4v) is 4.75. The van der Waals surface area contributed by atoms with Crippen LogP contribution < -0.4 is 0 Å². The molecule has 0 saturated carbocycles. The Kier molecular flexibility index (Phi) is 10.0. The summed E-state index contributed by atoms with van der Waals surface area (Å²) in [4.78, 5) is 30.3. The van der Waals surface area contributed by atoms with Crippen LogP contribution in [0.15, 0.2) is 23.1 Å². The van der Waals surface area contributed by atoms with Gasteiger partial charge in [0.15, 0.2) is 0 Å². The Bertz CT molecular complexity index is 872. The summed E-state index contributed by atoms with van der Waals surface area (Å²) in [5.41, 5.74) is 0.513. The summed E-state index contributed by atoms with van der Waals surface area (Å²) in [7, 11) is 0. The van der Waals surface area contributed by atoms with Crippen molar-refractivity contribution in [3.05, 3.63) is 33.8 Å². The predicted octanol–water partition coefficient (Wildman–Crippen LogP) is 4.88. The number of thiazole rings is 1. The predicted molar refractivity (Wildman–Crippen MR) is 132 cm³/mol. The molecule has 2 heterocycles. The number of aliphatic hydroxyl groups is 2. The molecule has 0 aromatic carbocycles. The minimum absolute atomic E-state index is 0.0392. The smallest absolute Gasteiger partial charge is 0.309 e. The Hall–Kier alpha value is -1.83. The number of hydrogen-bond acceptors (Lipinski definition) is 7. The molecule has 6 nitrogen and oxygen atoms in total. The highest BCUT2D eigenvalue weighted by Crippen LogP contribution is 2.32. The molecule has 1 aliphatic rings. The second kappa shape index (κ2) is 12.0. The number of aromatic nitrogens is 1. The molecular formula is C26H39NO5S. The van der Waals surface area contributed by atoms with Gasteiger partial charge in [0.25, 0.3) is 0 Å². The van der Waals surface area contributed by atoms with Crippen LogP contribution >= 0.6 is 11.3 Å². The quantitative estimate of drug-likeness (QED) is 0.466. The van der Waals surface area contributed by atoms with Crippen molar-refractivity contribution >= 4 is 29.2 Å². The van der Waals surface area contributed by atoms with Crippen LogP contribution in [0.1, 0.15) is 77.4 Å². The molecule has 5 atom stereocenters. The first kappa shape index (κ1) is 27.4. The summed E-state index contributed by atoms with van der Waals surface area (Å²) in [6, 6.07) is 0. The molecule has 0 spiro atoms. The number of carbonyl (C=O) groups is 2. The van der Waals surface area contributed by atoms with Gasteiger partial charge >= 0.3 is 5.97 Å². The molecule has 0 radical (unpaired) electrons. The van der Waals surface area contributed by atoms with E-state index in [4.69, 9.17) is 4.74 Å². The average molecular weight is 478 g/mol. The zero-order valence-corrected chi connectivity index (χ0v) is 21.5. The van der Waals surface area contributed by atoms with Gasteiger partial charge in [-0.3, -0.25) is 9.59 Å². The Balaban J connectivity index is 2.27. The summed E-state index contributed by atoms with van der Waals surface area (Å²) in [6.45, 7) is 10.8. The lowest BCUT2D eigenvalue weighted by Crippen LogP contribution is -2.45. The summed E-state index contributed by atoms with van der Waals surface area (Å²) in [5, 5.41) is 24.4. The van der Waals surface area contributed by atoms with E-state index in [-0.39, 0.29) is 18.1 Å². The van der Waals surface area contributed by atoms with E-state index in [0.29, 0.717) is 6.42 Å². The number of carbonyl (C=O) groups excluding carboxylic acids is 2. The third-order valence-electron chi connectivity index (χ3n) is 6.68. The molecule has 1 aromatic heterocycles. The van der Waals surface area contributed by atoms with Crippen LogP contribution in [0.5, 0.6) is 0 Å². The molecule has 33 heavy (non-hydrogen) atoms. The first-order valence-corrected chi connectivity index (χ1v) is 12.7. The maximum Gasteiger partial charge on any atom is 0.309 e. The first-order chi connectivity index (χ1) is 15.4. The fraction of sp³-hybridized carbons (Fsp3) is 0.654. The number of aryl methyl sites for hydroxylation is 1. The van der Waals surface area contributed by atoms with Crippen LogP contribution in [0.2, 0.25) is 0 Å². The Morgan fingerprint density at radius 3 is 2.58 bits per heavy atom. The van der Waals surface area contributed by atoms with E-state index < -0.39 is 35.6 Å². The molecule has 2 N–H and O–H groups in total. The van der Waals surface area contributed by atoms with Crippen molar-refractivity contribution in [3.63, 3.8) is 0 Å². The lowest BCUT2D eigenvalue weighted by atomic mass is 9.73. The second-order valence-corrected chi connectivity index (χ2v) is 10.9. The highest BCUT2D eigenvalue weighted by Gasteiger charge is 2.42. The van der Waals surface area contributed by atoms with E-state index in [1.807, 2.05) is 38.3 Å². The Morgan fingerprint density at radius 2 is 1.94 bits per heavy atom. The van der Waals surface area contributed by atoms with Crippen molar-refractivity contribution in [2.45, 2.75) is 92.0 Å². The van der Waals surface area contributed by atoms with Gasteiger partial charge in [0.2, 0.25) is 0 Å². The van der Waals surface area contributed by atoms with Gasteiger partial charge in [0, 0.05) is 17.7 Å². The zero-order valence-electron chi connectivity index (χ0n) is 20.7. The maximum absolute atomic E-state index is 13.1. The number of allylic oxidation sites excluding steroid dienone is 1. The monoisotopic (exact) mass is 477 g/mol. The van der Waals surface area contributed by atoms with Gasteiger partial charge in [-0.1, -0.05) is 39.8 Å². The third kappa shape index (κ3) is 7.59. The van der Waals surface area contributed by atoms with Crippen molar-refractivity contribution < 1.29 is 24.5 Å². The number of ketones is 1. The van der Waals surface area contributed by atoms with Gasteiger partial charge < -0.3 is 14.9 Å². The highest BCUT2D eigenvalue weighted by molar-refractivity contribution is 7.09. The van der Waals surface area contributed by atoms with Crippen LogP contribution in [0.3, 0.4) is 0 Å². The molecular weight excluding hydrogens is 438 g/mol. The molecule has 0 aliphatic carbocycles. The molecule has 0 saturated heterocycles. The Morgan fingerprint density at radius 1 is 1.24 bits per heavy atom. The normalized spacial score (nSPS) is 30.8. The summed E-state index contributed by atoms with van der Waals surface area (Å²) < 4.78 is 5.75. The summed E-state index contributed by atoms with van der Waals surface area (Å²) in [5.74, 6) is -1.48. The van der Waals surface area contributed by atoms with Gasteiger partial charge in [-0.05, 0) is 50.7 Å². The number of aliphatic hydroxyl groups excluding tert-OH is 2. The third-order valence-corrected chi connectivity index (χ3v) is 7.47. The van der Waals surface area contributed by atoms with Crippen LogP contribution in [0.25, 0.3) is 6.08 Å². The maximum atomic E-state index is 13.1. The molecule has 1 aromatic rings. The number of hydrogen-bond donors (Lipinski definition) is 2. The SMILES string of the molecule is C/C(=C\c1csc(C)n1)[C@@H]1CC=CCCC[C@H](C)[C@H](O)[C@@H](C)C(=O)C(C)(C)[C@@H](O)CC(=O)O1. The molecule has 0 unspecified atom stereocenters. The number of ether oxygens (including phenoxy) is 1. The molecule has 0 amide bonds. The molecule has 184 valence electrons. The fourth-order valence-electron chi connectivity index (χ4n) is 4.18. The van der Waals surface area contributed by atoms with E-state index in [1.54, 1.807) is 32.1 Å². The van der Waals surface area contributed by atoms with Crippen LogP contribution in [-0.2, 0) is 14.3 Å². The van der Waals surface area contributed by atoms with Gasteiger partial charge in [0.05, 0.1) is 34.7 Å². The van der Waals surface area contributed by atoms with E-state index in [1.165, 1.54) is 0 Å². The highest BCUT2D eigenvalue weighted by atomic mass is 32.1. The largest absolute Gasteiger partial charge is 0.457 e. The van der Waals surface area contributed by atoms with Crippen molar-refractivity contribution in [3.8, 4) is 0 Å².